The SMILES string of the molecule is C[C@@]12NC(=O)N[C@H](c3ccccc3O1)[C@@H]2C(=O)Nc1ccc(Cl)cc1. The smallest absolute Gasteiger partial charge is 0.318 e. The van der Waals surface area contributed by atoms with Crippen molar-refractivity contribution < 1.29 is 14.3 Å². The van der Waals surface area contributed by atoms with Gasteiger partial charge in [-0.15, -0.1) is 0 Å². The van der Waals surface area contributed by atoms with Gasteiger partial charge in [-0.25, -0.2) is 4.79 Å². The molecule has 0 unspecified atom stereocenters. The van der Waals surface area contributed by atoms with Crippen molar-refractivity contribution in [3.05, 3.63) is 59.1 Å². The van der Waals surface area contributed by atoms with Gasteiger partial charge in [0.05, 0.1) is 6.04 Å². The molecule has 3 amide bonds. The molecule has 128 valence electrons. The first-order valence-electron chi connectivity index (χ1n) is 7.89. The van der Waals surface area contributed by atoms with Crippen molar-refractivity contribution in [1.82, 2.24) is 10.6 Å². The molecule has 2 heterocycles. The summed E-state index contributed by atoms with van der Waals surface area (Å²) in [6.45, 7) is 1.71. The third-order valence-electron chi connectivity index (χ3n) is 4.55. The van der Waals surface area contributed by atoms with Gasteiger partial charge in [0.2, 0.25) is 5.91 Å². The fraction of sp³-hybridized carbons (Fsp3) is 0.222. The molecule has 0 aromatic heterocycles. The molecule has 25 heavy (non-hydrogen) atoms. The number of rotatable bonds is 2. The number of nitrogens with one attached hydrogen (secondary N) is 3. The van der Waals surface area contributed by atoms with Crippen molar-refractivity contribution in [1.29, 1.82) is 0 Å². The number of halogens is 1. The van der Waals surface area contributed by atoms with Crippen LogP contribution >= 0.6 is 11.6 Å². The molecule has 2 aromatic carbocycles. The van der Waals surface area contributed by atoms with Gasteiger partial charge in [-0.2, -0.15) is 0 Å². The Morgan fingerprint density at radius 3 is 2.68 bits per heavy atom. The average molecular weight is 358 g/mol. The lowest BCUT2D eigenvalue weighted by Crippen LogP contribution is -2.70. The van der Waals surface area contributed by atoms with Crippen LogP contribution in [0.1, 0.15) is 18.5 Å². The van der Waals surface area contributed by atoms with Crippen LogP contribution in [0.25, 0.3) is 0 Å². The molecule has 0 spiro atoms. The van der Waals surface area contributed by atoms with Crippen LogP contribution in [0.5, 0.6) is 5.75 Å². The van der Waals surface area contributed by atoms with Gasteiger partial charge in [-0.05, 0) is 37.3 Å². The minimum Gasteiger partial charge on any atom is -0.467 e. The van der Waals surface area contributed by atoms with Gasteiger partial charge >= 0.3 is 6.03 Å². The number of urea groups is 1. The van der Waals surface area contributed by atoms with E-state index in [1.165, 1.54) is 0 Å². The van der Waals surface area contributed by atoms with E-state index in [9.17, 15) is 9.59 Å². The first-order chi connectivity index (χ1) is 12.0. The molecule has 3 atom stereocenters. The zero-order valence-corrected chi connectivity index (χ0v) is 14.1. The maximum Gasteiger partial charge on any atom is 0.318 e. The normalized spacial score (nSPS) is 26.6. The van der Waals surface area contributed by atoms with Crippen molar-refractivity contribution in [2.75, 3.05) is 5.32 Å². The van der Waals surface area contributed by atoms with Crippen molar-refractivity contribution in [2.24, 2.45) is 5.92 Å². The zero-order chi connectivity index (χ0) is 17.6. The number of anilines is 1. The number of carbonyl (C=O) groups excluding carboxylic acids is 2. The Morgan fingerprint density at radius 1 is 1.20 bits per heavy atom. The van der Waals surface area contributed by atoms with Crippen LogP contribution in [0.2, 0.25) is 5.02 Å². The Labute approximate surface area is 149 Å². The topological polar surface area (TPSA) is 79.5 Å². The van der Waals surface area contributed by atoms with E-state index >= 15 is 0 Å². The molecular weight excluding hydrogens is 342 g/mol. The summed E-state index contributed by atoms with van der Waals surface area (Å²) in [6, 6.07) is 13.4. The van der Waals surface area contributed by atoms with Crippen LogP contribution < -0.4 is 20.7 Å². The first kappa shape index (κ1) is 15.8. The average Bonchev–Trinajstić information content (AvgIpc) is 2.55. The molecule has 7 heteroatoms. The maximum absolute atomic E-state index is 13.0. The summed E-state index contributed by atoms with van der Waals surface area (Å²) >= 11 is 5.88. The van der Waals surface area contributed by atoms with E-state index in [1.54, 1.807) is 31.2 Å². The minimum absolute atomic E-state index is 0.253. The van der Waals surface area contributed by atoms with Gasteiger partial charge in [0.15, 0.2) is 5.72 Å². The largest absolute Gasteiger partial charge is 0.467 e. The molecule has 0 aliphatic carbocycles. The molecule has 2 bridgehead atoms. The summed E-state index contributed by atoms with van der Waals surface area (Å²) in [6.07, 6.45) is 0. The number of hydrogen-bond acceptors (Lipinski definition) is 3. The highest BCUT2D eigenvalue weighted by Crippen LogP contribution is 2.44. The minimum atomic E-state index is -1.14. The van der Waals surface area contributed by atoms with Gasteiger partial charge in [0.1, 0.15) is 11.7 Å². The molecule has 3 N–H and O–H groups in total. The lowest BCUT2D eigenvalue weighted by molar-refractivity contribution is -0.133. The van der Waals surface area contributed by atoms with Crippen molar-refractivity contribution in [2.45, 2.75) is 18.7 Å². The third kappa shape index (κ3) is 2.68. The fourth-order valence-electron chi connectivity index (χ4n) is 3.44. The van der Waals surface area contributed by atoms with Gasteiger partial charge in [0, 0.05) is 16.3 Å². The van der Waals surface area contributed by atoms with E-state index in [1.807, 2.05) is 24.3 Å². The molecular formula is C18H16ClN3O3. The van der Waals surface area contributed by atoms with Crippen molar-refractivity contribution in [3.63, 3.8) is 0 Å². The van der Waals surface area contributed by atoms with Gasteiger partial charge in [0.25, 0.3) is 0 Å². The highest BCUT2D eigenvalue weighted by Gasteiger charge is 2.55. The van der Waals surface area contributed by atoms with Crippen LogP contribution in [0, 0.1) is 5.92 Å². The van der Waals surface area contributed by atoms with E-state index < -0.39 is 17.7 Å². The Kier molecular flexibility index (Phi) is 3.58. The fourth-order valence-corrected chi connectivity index (χ4v) is 3.57. The van der Waals surface area contributed by atoms with Crippen molar-refractivity contribution in [3.8, 4) is 5.75 Å². The number of para-hydroxylation sites is 1. The molecule has 2 aromatic rings. The molecule has 2 aliphatic rings. The quantitative estimate of drug-likeness (QED) is 0.772. The van der Waals surface area contributed by atoms with E-state index in [0.717, 1.165) is 5.56 Å². The zero-order valence-electron chi connectivity index (χ0n) is 13.4. The van der Waals surface area contributed by atoms with E-state index in [0.29, 0.717) is 16.5 Å². The monoisotopic (exact) mass is 357 g/mol. The summed E-state index contributed by atoms with van der Waals surface area (Å²) in [5.74, 6) is -0.245. The molecule has 2 aliphatic heterocycles. The summed E-state index contributed by atoms with van der Waals surface area (Å²) in [4.78, 5) is 25.0. The van der Waals surface area contributed by atoms with Crippen LogP contribution in [-0.2, 0) is 4.79 Å². The van der Waals surface area contributed by atoms with E-state index in [-0.39, 0.29) is 11.9 Å². The molecule has 1 fully saturated rings. The highest BCUT2D eigenvalue weighted by molar-refractivity contribution is 6.30. The van der Waals surface area contributed by atoms with E-state index in [4.69, 9.17) is 16.3 Å². The molecule has 0 radical (unpaired) electrons. The molecule has 0 saturated carbocycles. The predicted molar refractivity (Wildman–Crippen MR) is 93.5 cm³/mol. The molecule has 4 rings (SSSR count). The first-order valence-corrected chi connectivity index (χ1v) is 8.27. The van der Waals surface area contributed by atoms with Crippen molar-refractivity contribution >= 4 is 29.2 Å². The number of amides is 3. The number of hydrogen-bond donors (Lipinski definition) is 3. The second kappa shape index (κ2) is 5.67. The molecule has 6 nitrogen and oxygen atoms in total. The van der Waals surface area contributed by atoms with Crippen LogP contribution in [0.3, 0.4) is 0 Å². The number of carbonyl (C=O) groups is 2. The Hall–Kier alpha value is -2.73. The summed E-state index contributed by atoms with van der Waals surface area (Å²) in [5, 5.41) is 9.04. The standard InChI is InChI=1S/C18H16ClN3O3/c1-18-14(16(23)20-11-8-6-10(19)7-9-11)15(21-17(24)22-18)12-4-2-3-5-13(12)25-18/h2-9,14-15H,1H3,(H,20,23)(H2,21,22,24)/t14-,15-,18-/m1/s1. The Bertz CT molecular complexity index is 855. The third-order valence-corrected chi connectivity index (χ3v) is 4.80. The van der Waals surface area contributed by atoms with Crippen LogP contribution in [0.4, 0.5) is 10.5 Å². The maximum atomic E-state index is 13.0. The highest BCUT2D eigenvalue weighted by atomic mass is 35.5. The number of ether oxygens (including phenoxy) is 1. The lowest BCUT2D eigenvalue weighted by atomic mass is 9.80. The van der Waals surface area contributed by atoms with Gasteiger partial charge in [-0.1, -0.05) is 29.8 Å². The Balaban J connectivity index is 1.69. The predicted octanol–water partition coefficient (Wildman–Crippen LogP) is 3.06. The summed E-state index contributed by atoms with van der Waals surface area (Å²) in [5.41, 5.74) is 0.269. The number of fused-ring (bicyclic) bond motifs is 4. The van der Waals surface area contributed by atoms with Gasteiger partial charge < -0.3 is 15.4 Å². The van der Waals surface area contributed by atoms with Crippen LogP contribution in [-0.4, -0.2) is 17.7 Å². The summed E-state index contributed by atoms with van der Waals surface area (Å²) in [7, 11) is 0. The van der Waals surface area contributed by atoms with Gasteiger partial charge in [-0.3, -0.25) is 10.1 Å². The number of benzene rings is 2. The summed E-state index contributed by atoms with van der Waals surface area (Å²) < 4.78 is 6.00. The van der Waals surface area contributed by atoms with Crippen LogP contribution in [0.15, 0.2) is 48.5 Å². The molecule has 1 saturated heterocycles. The van der Waals surface area contributed by atoms with E-state index in [2.05, 4.69) is 16.0 Å². The Morgan fingerprint density at radius 2 is 1.92 bits per heavy atom. The second-order valence-corrected chi connectivity index (χ2v) is 6.73. The lowest BCUT2D eigenvalue weighted by Gasteiger charge is -2.49. The second-order valence-electron chi connectivity index (χ2n) is 6.30.